The Morgan fingerprint density at radius 2 is 1.96 bits per heavy atom. The Bertz CT molecular complexity index is 477. The van der Waals surface area contributed by atoms with Crippen LogP contribution in [0.4, 0.5) is 5.69 Å². The van der Waals surface area contributed by atoms with Crippen molar-refractivity contribution < 1.29 is 14.3 Å². The van der Waals surface area contributed by atoms with Crippen molar-refractivity contribution >= 4 is 48.0 Å². The second-order valence-corrected chi connectivity index (χ2v) is 5.42. The van der Waals surface area contributed by atoms with Crippen LogP contribution in [0, 0.1) is 0 Å². The molecule has 0 heterocycles. The number of carbonyl (C=O) groups excluding carboxylic acids is 1. The summed E-state index contributed by atoms with van der Waals surface area (Å²) in [6, 6.07) is 5.20. The average Bonchev–Trinajstić information content (AvgIpc) is 2.45. The van der Waals surface area contributed by atoms with Crippen molar-refractivity contribution in [1.29, 1.82) is 0 Å². The zero-order valence-electron chi connectivity index (χ0n) is 14.1. The second kappa shape index (κ2) is 14.6. The predicted octanol–water partition coefficient (Wildman–Crippen LogP) is 2.30. The van der Waals surface area contributed by atoms with E-state index < -0.39 is 0 Å². The highest BCUT2D eigenvalue weighted by molar-refractivity contribution is 6.32. The van der Waals surface area contributed by atoms with E-state index in [9.17, 15) is 4.79 Å². The topological polar surface area (TPSA) is 62.8 Å². The minimum Gasteiger partial charge on any atom is -0.491 e. The Morgan fingerprint density at radius 1 is 1.25 bits per heavy atom. The third kappa shape index (κ3) is 10.9. The zero-order valence-corrected chi connectivity index (χ0v) is 16.5. The molecule has 0 aliphatic heterocycles. The number of anilines is 1. The predicted molar refractivity (Wildman–Crippen MR) is 103 cm³/mol. The quantitative estimate of drug-likeness (QED) is 0.588. The minimum atomic E-state index is -0.131. The number of likely N-dealkylation sites (N-methyl/N-ethyl adjacent to an activating group) is 1. The van der Waals surface area contributed by atoms with Gasteiger partial charge in [0.2, 0.25) is 5.91 Å². The van der Waals surface area contributed by atoms with Gasteiger partial charge in [-0.3, -0.25) is 4.79 Å². The lowest BCUT2D eigenvalue weighted by molar-refractivity contribution is -0.115. The fourth-order valence-corrected chi connectivity index (χ4v) is 1.85. The summed E-state index contributed by atoms with van der Waals surface area (Å²) in [5.74, 6) is 0.480. The molecule has 0 radical (unpaired) electrons. The van der Waals surface area contributed by atoms with Gasteiger partial charge in [-0.15, -0.1) is 24.8 Å². The molecule has 6 nitrogen and oxygen atoms in total. The van der Waals surface area contributed by atoms with Gasteiger partial charge in [0.05, 0.1) is 18.2 Å². The van der Waals surface area contributed by atoms with Gasteiger partial charge in [-0.1, -0.05) is 11.6 Å². The highest BCUT2D eigenvalue weighted by Gasteiger charge is 2.06. The van der Waals surface area contributed by atoms with Gasteiger partial charge < -0.3 is 25.0 Å². The third-order valence-corrected chi connectivity index (χ3v) is 3.08. The summed E-state index contributed by atoms with van der Waals surface area (Å²) < 4.78 is 10.5. The molecule has 1 rings (SSSR count). The maximum absolute atomic E-state index is 11.7. The molecule has 1 aromatic rings. The molecule has 24 heavy (non-hydrogen) atoms. The molecule has 140 valence electrons. The highest BCUT2D eigenvalue weighted by atomic mass is 35.5. The number of methoxy groups -OCH3 is 1. The lowest BCUT2D eigenvalue weighted by atomic mass is 10.3. The fraction of sp³-hybridized carbons (Fsp3) is 0.533. The van der Waals surface area contributed by atoms with Crippen LogP contribution in [0.1, 0.15) is 0 Å². The van der Waals surface area contributed by atoms with Crippen LogP contribution in [0.25, 0.3) is 0 Å². The highest BCUT2D eigenvalue weighted by Crippen LogP contribution is 2.27. The first kappa shape index (κ1) is 25.5. The molecule has 0 aliphatic carbocycles. The van der Waals surface area contributed by atoms with E-state index in [1.165, 1.54) is 0 Å². The molecule has 9 heteroatoms. The molecule has 0 bridgehead atoms. The Kier molecular flexibility index (Phi) is 15.5. The SMILES string of the molecule is COCCNCC(=O)Nc1ccc(OCCN(C)C)c(Cl)c1.Cl.Cl. The van der Waals surface area contributed by atoms with E-state index in [4.69, 9.17) is 21.1 Å². The van der Waals surface area contributed by atoms with Crippen molar-refractivity contribution in [3.05, 3.63) is 23.2 Å². The lowest BCUT2D eigenvalue weighted by Crippen LogP contribution is -2.30. The summed E-state index contributed by atoms with van der Waals surface area (Å²) in [7, 11) is 5.57. The molecule has 0 saturated carbocycles. The van der Waals surface area contributed by atoms with Gasteiger partial charge >= 0.3 is 0 Å². The molecular weight excluding hydrogens is 377 g/mol. The number of halogens is 3. The molecule has 0 aliphatic rings. The van der Waals surface area contributed by atoms with Crippen LogP contribution in [0.5, 0.6) is 5.75 Å². The Hall–Kier alpha value is -0.760. The number of rotatable bonds is 10. The Labute approximate surface area is 161 Å². The van der Waals surface area contributed by atoms with E-state index in [2.05, 4.69) is 10.6 Å². The molecule has 0 aromatic heterocycles. The molecular formula is C15H26Cl3N3O3. The van der Waals surface area contributed by atoms with Crippen LogP contribution in [0.3, 0.4) is 0 Å². The zero-order chi connectivity index (χ0) is 16.4. The number of nitrogens with zero attached hydrogens (tertiary/aromatic N) is 1. The van der Waals surface area contributed by atoms with Crippen LogP contribution in [-0.2, 0) is 9.53 Å². The van der Waals surface area contributed by atoms with Gasteiger partial charge in [-0.05, 0) is 32.3 Å². The number of carbonyl (C=O) groups is 1. The molecule has 0 unspecified atom stereocenters. The van der Waals surface area contributed by atoms with Crippen molar-refractivity contribution in [3.63, 3.8) is 0 Å². The van der Waals surface area contributed by atoms with Gasteiger partial charge in [-0.2, -0.15) is 0 Å². The van der Waals surface area contributed by atoms with Gasteiger partial charge in [0.15, 0.2) is 0 Å². The summed E-state index contributed by atoms with van der Waals surface area (Å²) in [6.07, 6.45) is 0. The van der Waals surface area contributed by atoms with Crippen LogP contribution in [0.2, 0.25) is 5.02 Å². The molecule has 1 aromatic carbocycles. The second-order valence-electron chi connectivity index (χ2n) is 5.01. The van der Waals surface area contributed by atoms with Crippen LogP contribution in [-0.4, -0.2) is 64.9 Å². The van der Waals surface area contributed by atoms with E-state index in [0.717, 1.165) is 6.54 Å². The van der Waals surface area contributed by atoms with E-state index in [1.54, 1.807) is 25.3 Å². The van der Waals surface area contributed by atoms with Crippen LogP contribution < -0.4 is 15.4 Å². The van der Waals surface area contributed by atoms with E-state index in [0.29, 0.717) is 36.2 Å². The number of ether oxygens (including phenoxy) is 2. The molecule has 1 amide bonds. The number of nitrogens with one attached hydrogen (secondary N) is 2. The van der Waals surface area contributed by atoms with Crippen molar-refractivity contribution in [1.82, 2.24) is 10.2 Å². The van der Waals surface area contributed by atoms with E-state index >= 15 is 0 Å². The van der Waals surface area contributed by atoms with Crippen molar-refractivity contribution in [3.8, 4) is 5.75 Å². The molecule has 2 N–H and O–H groups in total. The average molecular weight is 403 g/mol. The van der Waals surface area contributed by atoms with Gasteiger partial charge in [0.1, 0.15) is 12.4 Å². The van der Waals surface area contributed by atoms with E-state index in [-0.39, 0.29) is 37.3 Å². The fourth-order valence-electron chi connectivity index (χ4n) is 1.62. The largest absolute Gasteiger partial charge is 0.491 e. The van der Waals surface area contributed by atoms with Crippen molar-refractivity contribution in [2.75, 3.05) is 59.4 Å². The maximum atomic E-state index is 11.7. The summed E-state index contributed by atoms with van der Waals surface area (Å²) in [6.45, 7) is 2.79. The van der Waals surface area contributed by atoms with Crippen LogP contribution >= 0.6 is 36.4 Å². The first-order valence-corrected chi connectivity index (χ1v) is 7.47. The standard InChI is InChI=1S/C15H24ClN3O3.2ClH/c1-19(2)7-9-22-14-5-4-12(10-13(14)16)18-15(20)11-17-6-8-21-3;;/h4-5,10,17H,6-9,11H2,1-3H3,(H,18,20);2*1H. The first-order valence-electron chi connectivity index (χ1n) is 7.09. The summed E-state index contributed by atoms with van der Waals surface area (Å²) in [4.78, 5) is 13.8. The van der Waals surface area contributed by atoms with Crippen molar-refractivity contribution in [2.45, 2.75) is 0 Å². The van der Waals surface area contributed by atoms with Crippen LogP contribution in [0.15, 0.2) is 18.2 Å². The summed E-state index contributed by atoms with van der Waals surface area (Å²) in [5, 5.41) is 6.22. The number of hydrogen-bond donors (Lipinski definition) is 2. The first-order chi connectivity index (χ1) is 10.5. The normalized spacial score (nSPS) is 9.88. The maximum Gasteiger partial charge on any atom is 0.238 e. The summed E-state index contributed by atoms with van der Waals surface area (Å²) >= 11 is 6.15. The lowest BCUT2D eigenvalue weighted by Gasteiger charge is -2.13. The monoisotopic (exact) mass is 401 g/mol. The van der Waals surface area contributed by atoms with Gasteiger partial charge in [-0.25, -0.2) is 0 Å². The molecule has 0 atom stereocenters. The third-order valence-electron chi connectivity index (χ3n) is 2.78. The van der Waals surface area contributed by atoms with Gasteiger partial charge in [0.25, 0.3) is 0 Å². The number of benzene rings is 1. The molecule has 0 spiro atoms. The summed E-state index contributed by atoms with van der Waals surface area (Å²) in [5.41, 5.74) is 0.642. The smallest absolute Gasteiger partial charge is 0.238 e. The Morgan fingerprint density at radius 3 is 2.54 bits per heavy atom. The van der Waals surface area contributed by atoms with E-state index in [1.807, 2.05) is 19.0 Å². The molecule has 0 fully saturated rings. The number of hydrogen-bond acceptors (Lipinski definition) is 5. The van der Waals surface area contributed by atoms with Crippen molar-refractivity contribution in [2.24, 2.45) is 0 Å². The molecule has 0 saturated heterocycles. The minimum absolute atomic E-state index is 0. The Balaban J connectivity index is 0. The van der Waals surface area contributed by atoms with Gasteiger partial charge in [0, 0.05) is 25.9 Å². The number of amides is 1.